The molecule has 0 atom stereocenters. The van der Waals surface area contributed by atoms with Crippen LogP contribution in [-0.2, 0) is 0 Å². The summed E-state index contributed by atoms with van der Waals surface area (Å²) in [6.07, 6.45) is 1.23. The zero-order chi connectivity index (χ0) is 8.70. The average molecular weight is 156 g/mol. The van der Waals surface area contributed by atoms with E-state index < -0.39 is 0 Å². The van der Waals surface area contributed by atoms with Crippen LogP contribution in [0.25, 0.3) is 0 Å². The van der Waals surface area contributed by atoms with E-state index in [1.54, 1.807) is 0 Å². The maximum atomic E-state index is 3.61. The second kappa shape index (κ2) is 2.46. The molecule has 0 aromatic heterocycles. The Hall–Kier alpha value is -0.0800. The predicted octanol–water partition coefficient (Wildman–Crippen LogP) is 1.43. The summed E-state index contributed by atoms with van der Waals surface area (Å²) in [7, 11) is 2.17. The lowest BCUT2D eigenvalue weighted by Gasteiger charge is -2.48. The molecule has 2 nitrogen and oxygen atoms in total. The molecule has 0 radical (unpaired) electrons. The third-order valence-corrected chi connectivity index (χ3v) is 2.67. The van der Waals surface area contributed by atoms with Crippen molar-refractivity contribution in [3.05, 3.63) is 0 Å². The molecule has 66 valence electrons. The molecule has 11 heavy (non-hydrogen) atoms. The molecule has 0 saturated carbocycles. The van der Waals surface area contributed by atoms with E-state index in [0.717, 1.165) is 0 Å². The molecule has 0 aromatic carbocycles. The Balaban J connectivity index is 2.67. The predicted molar refractivity (Wildman–Crippen MR) is 48.5 cm³/mol. The Kier molecular flexibility index (Phi) is 2.01. The van der Waals surface area contributed by atoms with Gasteiger partial charge in [-0.25, -0.2) is 0 Å². The third-order valence-electron chi connectivity index (χ3n) is 2.67. The molecule has 1 rings (SSSR count). The number of nitrogens with zero attached hydrogens (tertiary/aromatic N) is 1. The highest BCUT2D eigenvalue weighted by Crippen LogP contribution is 2.23. The minimum atomic E-state index is 0.155. The number of rotatable bonds is 0. The molecular weight excluding hydrogens is 136 g/mol. The fourth-order valence-electron chi connectivity index (χ4n) is 1.71. The first-order valence-electron chi connectivity index (χ1n) is 4.34. The van der Waals surface area contributed by atoms with E-state index in [1.165, 1.54) is 13.0 Å². The highest BCUT2D eigenvalue weighted by atomic mass is 15.3. The van der Waals surface area contributed by atoms with Gasteiger partial charge in [-0.1, -0.05) is 0 Å². The lowest BCUT2D eigenvalue weighted by Crippen LogP contribution is -2.65. The summed E-state index contributed by atoms with van der Waals surface area (Å²) in [4.78, 5) is 2.36. The maximum Gasteiger partial charge on any atom is 0.0656 e. The number of hydrogen-bond acceptors (Lipinski definition) is 2. The smallest absolute Gasteiger partial charge is 0.0656 e. The van der Waals surface area contributed by atoms with E-state index in [4.69, 9.17) is 0 Å². The molecule has 1 saturated heterocycles. The molecule has 1 heterocycles. The van der Waals surface area contributed by atoms with Crippen LogP contribution in [0.15, 0.2) is 0 Å². The monoisotopic (exact) mass is 156 g/mol. The fourth-order valence-corrected chi connectivity index (χ4v) is 1.71. The van der Waals surface area contributed by atoms with Crippen LogP contribution < -0.4 is 5.32 Å². The topological polar surface area (TPSA) is 15.3 Å². The molecule has 0 unspecified atom stereocenters. The van der Waals surface area contributed by atoms with Gasteiger partial charge in [0.1, 0.15) is 0 Å². The van der Waals surface area contributed by atoms with E-state index in [0.29, 0.717) is 5.54 Å². The van der Waals surface area contributed by atoms with Crippen LogP contribution in [0.3, 0.4) is 0 Å². The van der Waals surface area contributed by atoms with E-state index in [9.17, 15) is 0 Å². The van der Waals surface area contributed by atoms with Crippen LogP contribution in [-0.4, -0.2) is 29.7 Å². The first-order chi connectivity index (χ1) is 4.83. The quantitative estimate of drug-likeness (QED) is 0.570. The lowest BCUT2D eigenvalue weighted by atomic mass is 9.93. The van der Waals surface area contributed by atoms with Crippen molar-refractivity contribution < 1.29 is 0 Å². The van der Waals surface area contributed by atoms with E-state index >= 15 is 0 Å². The Labute approximate surface area is 70.0 Å². The number of hydrogen-bond donors (Lipinski definition) is 1. The van der Waals surface area contributed by atoms with Crippen LogP contribution >= 0.6 is 0 Å². The molecular formula is C9H20N2. The standard InChI is InChI=1S/C9H20N2/c1-8(2)6-7-11(5)9(3,4)10-8/h10H,6-7H2,1-5H3. The number of nitrogens with one attached hydrogen (secondary N) is 1. The minimum Gasteiger partial charge on any atom is -0.295 e. The van der Waals surface area contributed by atoms with Gasteiger partial charge in [0.15, 0.2) is 0 Å². The van der Waals surface area contributed by atoms with E-state index in [1.807, 2.05) is 0 Å². The molecule has 0 aromatic rings. The van der Waals surface area contributed by atoms with Crippen molar-refractivity contribution in [2.24, 2.45) is 0 Å². The SMILES string of the molecule is CN1CCC(C)(C)NC1(C)C. The molecule has 0 aliphatic carbocycles. The van der Waals surface area contributed by atoms with Gasteiger partial charge in [-0.3, -0.25) is 10.2 Å². The van der Waals surface area contributed by atoms with Crippen LogP contribution in [0.2, 0.25) is 0 Å². The highest BCUT2D eigenvalue weighted by molar-refractivity contribution is 4.92. The van der Waals surface area contributed by atoms with Gasteiger partial charge in [-0.15, -0.1) is 0 Å². The minimum absolute atomic E-state index is 0.155. The first-order valence-corrected chi connectivity index (χ1v) is 4.34. The van der Waals surface area contributed by atoms with Crippen LogP contribution in [0.5, 0.6) is 0 Å². The molecule has 2 heteroatoms. The lowest BCUT2D eigenvalue weighted by molar-refractivity contribution is 0.0299. The van der Waals surface area contributed by atoms with Crippen molar-refractivity contribution in [3.63, 3.8) is 0 Å². The molecule has 1 aliphatic heterocycles. The molecule has 0 amide bonds. The van der Waals surface area contributed by atoms with Crippen molar-refractivity contribution >= 4 is 0 Å². The normalized spacial score (nSPS) is 30.3. The summed E-state index contributed by atoms with van der Waals surface area (Å²) in [6.45, 7) is 10.2. The van der Waals surface area contributed by atoms with Crippen molar-refractivity contribution in [1.29, 1.82) is 0 Å². The molecule has 1 N–H and O–H groups in total. The van der Waals surface area contributed by atoms with Gasteiger partial charge in [0.25, 0.3) is 0 Å². The zero-order valence-electron chi connectivity index (χ0n) is 8.36. The van der Waals surface area contributed by atoms with Crippen LogP contribution in [0, 0.1) is 0 Å². The second-order valence-electron chi connectivity index (χ2n) is 4.74. The van der Waals surface area contributed by atoms with Gasteiger partial charge in [0, 0.05) is 12.1 Å². The first kappa shape index (κ1) is 9.01. The van der Waals surface area contributed by atoms with Crippen molar-refractivity contribution in [3.8, 4) is 0 Å². The summed E-state index contributed by atoms with van der Waals surface area (Å²) in [5.41, 5.74) is 0.456. The fraction of sp³-hybridized carbons (Fsp3) is 1.00. The molecule has 0 bridgehead atoms. The van der Waals surface area contributed by atoms with Gasteiger partial charge in [-0.2, -0.15) is 0 Å². The third kappa shape index (κ3) is 1.94. The van der Waals surface area contributed by atoms with Gasteiger partial charge in [0.05, 0.1) is 5.66 Å². The Morgan fingerprint density at radius 1 is 1.18 bits per heavy atom. The van der Waals surface area contributed by atoms with Gasteiger partial charge in [0.2, 0.25) is 0 Å². The second-order valence-corrected chi connectivity index (χ2v) is 4.74. The van der Waals surface area contributed by atoms with Gasteiger partial charge < -0.3 is 0 Å². The summed E-state index contributed by atoms with van der Waals surface area (Å²) >= 11 is 0. The summed E-state index contributed by atoms with van der Waals surface area (Å²) in [5.74, 6) is 0. The Morgan fingerprint density at radius 2 is 1.73 bits per heavy atom. The van der Waals surface area contributed by atoms with Crippen molar-refractivity contribution in [1.82, 2.24) is 10.2 Å². The van der Waals surface area contributed by atoms with Crippen LogP contribution in [0.4, 0.5) is 0 Å². The van der Waals surface area contributed by atoms with Gasteiger partial charge in [-0.05, 0) is 41.2 Å². The summed E-state index contributed by atoms with van der Waals surface area (Å²) < 4.78 is 0. The maximum absolute atomic E-state index is 3.61. The van der Waals surface area contributed by atoms with Crippen molar-refractivity contribution in [2.45, 2.75) is 45.3 Å². The molecule has 1 fully saturated rings. The highest BCUT2D eigenvalue weighted by Gasteiger charge is 2.35. The molecule has 0 spiro atoms. The largest absolute Gasteiger partial charge is 0.295 e. The Bertz CT molecular complexity index is 150. The van der Waals surface area contributed by atoms with Gasteiger partial charge >= 0.3 is 0 Å². The zero-order valence-corrected chi connectivity index (χ0v) is 8.36. The Morgan fingerprint density at radius 3 is 2.09 bits per heavy atom. The summed E-state index contributed by atoms with van der Waals surface area (Å²) in [5, 5.41) is 3.61. The van der Waals surface area contributed by atoms with E-state index in [-0.39, 0.29) is 5.66 Å². The van der Waals surface area contributed by atoms with Crippen LogP contribution in [0.1, 0.15) is 34.1 Å². The van der Waals surface area contributed by atoms with E-state index in [2.05, 4.69) is 45.0 Å². The summed E-state index contributed by atoms with van der Waals surface area (Å²) in [6, 6.07) is 0. The molecule has 1 aliphatic rings. The van der Waals surface area contributed by atoms with Crippen molar-refractivity contribution in [2.75, 3.05) is 13.6 Å². The average Bonchev–Trinajstić information content (AvgIpc) is 1.77.